The Labute approximate surface area is 208 Å². The van der Waals surface area contributed by atoms with Crippen LogP contribution in [0.2, 0.25) is 0 Å². The third-order valence-electron chi connectivity index (χ3n) is 5.39. The smallest absolute Gasteiger partial charge is 0.230 e. The summed E-state index contributed by atoms with van der Waals surface area (Å²) >= 11 is 1.38. The van der Waals surface area contributed by atoms with Gasteiger partial charge < -0.3 is 9.47 Å². The Morgan fingerprint density at radius 3 is 2.43 bits per heavy atom. The molecule has 9 heteroatoms. The number of benzene rings is 3. The molecule has 1 amide bonds. The number of anilines is 1. The molecule has 0 unspecified atom stereocenters. The lowest BCUT2D eigenvalue weighted by Crippen LogP contribution is -2.31. The largest absolute Gasteiger partial charge is 0.497 e. The molecule has 0 aliphatic heterocycles. The summed E-state index contributed by atoms with van der Waals surface area (Å²) in [6.45, 7) is 2.69. The third-order valence-corrected chi connectivity index (χ3v) is 8.16. The molecule has 35 heavy (non-hydrogen) atoms. The number of amides is 1. The molecule has 7 nitrogen and oxygen atoms in total. The Bertz CT molecular complexity index is 1400. The van der Waals surface area contributed by atoms with Gasteiger partial charge >= 0.3 is 0 Å². The quantitative estimate of drug-likeness (QED) is 0.295. The van der Waals surface area contributed by atoms with E-state index in [-0.39, 0.29) is 29.5 Å². The lowest BCUT2D eigenvalue weighted by Gasteiger charge is -2.20. The van der Waals surface area contributed by atoms with Gasteiger partial charge in [0, 0.05) is 6.42 Å². The van der Waals surface area contributed by atoms with E-state index in [0.717, 1.165) is 10.3 Å². The number of rotatable bonds is 10. The number of methoxy groups -OCH3 is 1. The number of hydrogen-bond donors (Lipinski definition) is 0. The first kappa shape index (κ1) is 24.7. The SMILES string of the molecule is CCOc1cccc2sc(N(Cc3ccccc3)C(=O)CCS(=O)(=O)c3ccc(OC)cc3)nc12. The lowest BCUT2D eigenvalue weighted by molar-refractivity contribution is -0.118. The maximum atomic E-state index is 13.4. The molecular formula is C26H26N2O5S2. The monoisotopic (exact) mass is 510 g/mol. The molecule has 1 heterocycles. The second-order valence-electron chi connectivity index (χ2n) is 7.74. The highest BCUT2D eigenvalue weighted by atomic mass is 32.2. The van der Waals surface area contributed by atoms with Gasteiger partial charge in [-0.15, -0.1) is 0 Å². The molecule has 0 saturated heterocycles. The van der Waals surface area contributed by atoms with Gasteiger partial charge in [0.2, 0.25) is 5.91 Å². The zero-order valence-corrected chi connectivity index (χ0v) is 21.1. The molecule has 0 atom stereocenters. The Kier molecular flexibility index (Phi) is 7.67. The summed E-state index contributed by atoms with van der Waals surface area (Å²) in [5, 5.41) is 0.503. The van der Waals surface area contributed by atoms with Crippen LogP contribution in [0, 0.1) is 0 Å². The van der Waals surface area contributed by atoms with E-state index in [9.17, 15) is 13.2 Å². The number of nitrogens with zero attached hydrogens (tertiary/aromatic N) is 2. The van der Waals surface area contributed by atoms with Gasteiger partial charge in [0.05, 0.1) is 35.6 Å². The fraction of sp³-hybridized carbons (Fsp3) is 0.231. The predicted molar refractivity (Wildman–Crippen MR) is 138 cm³/mol. The summed E-state index contributed by atoms with van der Waals surface area (Å²) in [6, 6.07) is 21.4. The van der Waals surface area contributed by atoms with Crippen molar-refractivity contribution in [2.45, 2.75) is 24.8 Å². The lowest BCUT2D eigenvalue weighted by atomic mass is 10.2. The maximum Gasteiger partial charge on any atom is 0.230 e. The highest BCUT2D eigenvalue weighted by molar-refractivity contribution is 7.91. The van der Waals surface area contributed by atoms with Crippen LogP contribution in [0.4, 0.5) is 5.13 Å². The minimum absolute atomic E-state index is 0.155. The van der Waals surface area contributed by atoms with E-state index < -0.39 is 9.84 Å². The van der Waals surface area contributed by atoms with Crippen molar-refractivity contribution in [3.05, 3.63) is 78.4 Å². The number of hydrogen-bond acceptors (Lipinski definition) is 7. The highest BCUT2D eigenvalue weighted by Gasteiger charge is 2.24. The number of sulfone groups is 1. The molecule has 0 aliphatic carbocycles. The molecule has 0 radical (unpaired) electrons. The summed E-state index contributed by atoms with van der Waals surface area (Å²) in [4.78, 5) is 19.8. The zero-order valence-electron chi connectivity index (χ0n) is 19.5. The fourth-order valence-electron chi connectivity index (χ4n) is 3.59. The summed E-state index contributed by atoms with van der Waals surface area (Å²) < 4.78 is 37.4. The van der Waals surface area contributed by atoms with Crippen LogP contribution < -0.4 is 14.4 Å². The predicted octanol–water partition coefficient (Wildman–Crippen LogP) is 5.10. The van der Waals surface area contributed by atoms with E-state index >= 15 is 0 Å². The second kappa shape index (κ2) is 10.9. The van der Waals surface area contributed by atoms with Gasteiger partial charge in [-0.2, -0.15) is 0 Å². The molecule has 3 aromatic carbocycles. The van der Waals surface area contributed by atoms with Gasteiger partial charge in [-0.25, -0.2) is 13.4 Å². The number of ether oxygens (including phenoxy) is 2. The van der Waals surface area contributed by atoms with Crippen molar-refractivity contribution in [1.29, 1.82) is 0 Å². The molecule has 0 N–H and O–H groups in total. The van der Waals surface area contributed by atoms with E-state index in [1.807, 2.05) is 55.5 Å². The van der Waals surface area contributed by atoms with Crippen LogP contribution in [0.15, 0.2) is 77.7 Å². The zero-order chi connectivity index (χ0) is 24.8. The number of para-hydroxylation sites is 1. The minimum Gasteiger partial charge on any atom is -0.497 e. The summed E-state index contributed by atoms with van der Waals surface area (Å²) in [5.74, 6) is 0.597. The maximum absolute atomic E-state index is 13.4. The molecule has 1 aromatic heterocycles. The van der Waals surface area contributed by atoms with Gasteiger partial charge in [-0.05, 0) is 48.9 Å². The van der Waals surface area contributed by atoms with Crippen molar-refractivity contribution < 1.29 is 22.7 Å². The van der Waals surface area contributed by atoms with E-state index in [1.165, 1.54) is 30.6 Å². The molecule has 182 valence electrons. The van der Waals surface area contributed by atoms with Crippen LogP contribution in [-0.2, 0) is 21.2 Å². The van der Waals surface area contributed by atoms with Crippen molar-refractivity contribution >= 4 is 42.4 Å². The van der Waals surface area contributed by atoms with Crippen molar-refractivity contribution in [3.8, 4) is 11.5 Å². The summed E-state index contributed by atoms with van der Waals surface area (Å²) in [7, 11) is -2.13. The minimum atomic E-state index is -3.65. The Morgan fingerprint density at radius 1 is 1.00 bits per heavy atom. The van der Waals surface area contributed by atoms with E-state index in [2.05, 4.69) is 0 Å². The molecule has 0 fully saturated rings. The fourth-order valence-corrected chi connectivity index (χ4v) is 5.81. The first-order chi connectivity index (χ1) is 16.9. The average Bonchev–Trinajstić information content (AvgIpc) is 3.32. The Balaban J connectivity index is 1.60. The van der Waals surface area contributed by atoms with Crippen LogP contribution in [0.25, 0.3) is 10.2 Å². The number of carbonyl (C=O) groups excluding carboxylic acids is 1. The van der Waals surface area contributed by atoms with Crippen LogP contribution in [0.5, 0.6) is 11.5 Å². The van der Waals surface area contributed by atoms with Crippen LogP contribution in [0.1, 0.15) is 18.9 Å². The van der Waals surface area contributed by atoms with Gasteiger partial charge in [-0.3, -0.25) is 9.69 Å². The van der Waals surface area contributed by atoms with Crippen molar-refractivity contribution in [2.24, 2.45) is 0 Å². The van der Waals surface area contributed by atoms with Crippen molar-refractivity contribution in [3.63, 3.8) is 0 Å². The molecule has 0 bridgehead atoms. The van der Waals surface area contributed by atoms with Gasteiger partial charge in [0.1, 0.15) is 17.0 Å². The number of fused-ring (bicyclic) bond motifs is 1. The molecule has 4 aromatic rings. The van der Waals surface area contributed by atoms with Gasteiger partial charge in [0.15, 0.2) is 15.0 Å². The molecule has 0 saturated carbocycles. The second-order valence-corrected chi connectivity index (χ2v) is 10.9. The van der Waals surface area contributed by atoms with Crippen molar-refractivity contribution in [1.82, 2.24) is 4.98 Å². The third kappa shape index (κ3) is 5.80. The number of aromatic nitrogens is 1. The standard InChI is InChI=1S/C26H26N2O5S2/c1-3-33-22-10-7-11-23-25(22)27-26(34-23)28(18-19-8-5-4-6-9-19)24(29)16-17-35(30,31)21-14-12-20(32-2)13-15-21/h4-15H,3,16-18H2,1-2H3. The summed E-state index contributed by atoms with van der Waals surface area (Å²) in [6.07, 6.45) is -0.171. The topological polar surface area (TPSA) is 85.8 Å². The van der Waals surface area contributed by atoms with Gasteiger partial charge in [-0.1, -0.05) is 47.7 Å². The Morgan fingerprint density at radius 2 is 1.74 bits per heavy atom. The van der Waals surface area contributed by atoms with Crippen LogP contribution in [-0.4, -0.2) is 38.8 Å². The first-order valence-corrected chi connectivity index (χ1v) is 13.6. The summed E-state index contributed by atoms with van der Waals surface area (Å²) in [5.41, 5.74) is 1.61. The highest BCUT2D eigenvalue weighted by Crippen LogP contribution is 2.35. The number of thiazole rings is 1. The van der Waals surface area contributed by atoms with Crippen molar-refractivity contribution in [2.75, 3.05) is 24.4 Å². The molecule has 0 aliphatic rings. The average molecular weight is 511 g/mol. The normalized spacial score (nSPS) is 11.4. The first-order valence-electron chi connectivity index (χ1n) is 11.1. The number of carbonyl (C=O) groups is 1. The Hall–Kier alpha value is -3.43. The van der Waals surface area contributed by atoms with Crippen LogP contribution in [0.3, 0.4) is 0 Å². The van der Waals surface area contributed by atoms with E-state index in [0.29, 0.717) is 28.8 Å². The van der Waals surface area contributed by atoms with E-state index in [4.69, 9.17) is 14.5 Å². The molecule has 0 spiro atoms. The van der Waals surface area contributed by atoms with E-state index in [1.54, 1.807) is 17.0 Å². The van der Waals surface area contributed by atoms with Crippen LogP contribution >= 0.6 is 11.3 Å². The van der Waals surface area contributed by atoms with Gasteiger partial charge in [0.25, 0.3) is 0 Å². The molecule has 4 rings (SSSR count). The molecular weight excluding hydrogens is 484 g/mol.